The number of unbranched alkanes of at least 4 members (excludes halogenated alkanes) is 2. The molecule has 0 spiro atoms. The fraction of sp³-hybridized carbons (Fsp3) is 0.533. The lowest BCUT2D eigenvalue weighted by Crippen LogP contribution is -2.27. The molecule has 0 unspecified atom stereocenters. The predicted octanol–water partition coefficient (Wildman–Crippen LogP) is 3.00. The third-order valence-corrected chi connectivity index (χ3v) is 2.97. The highest BCUT2D eigenvalue weighted by molar-refractivity contribution is 5.97. The minimum atomic E-state index is 0.164. The standard InChI is InChI=1S/C15H23NO2/c1-4-5-6-11-16(2)12-15(17)13-7-9-14(18-3)10-8-13/h7-10H,4-6,11-12H2,1-3H3. The van der Waals surface area contributed by atoms with Gasteiger partial charge in [-0.3, -0.25) is 9.69 Å². The van der Waals surface area contributed by atoms with Crippen LogP contribution in [0, 0.1) is 0 Å². The van der Waals surface area contributed by atoms with Crippen molar-refractivity contribution >= 4 is 5.78 Å². The van der Waals surface area contributed by atoms with Crippen LogP contribution in [0.1, 0.15) is 36.5 Å². The highest BCUT2D eigenvalue weighted by Gasteiger charge is 2.09. The molecule has 1 rings (SSSR count). The second-order valence-electron chi connectivity index (χ2n) is 4.60. The molecule has 0 aliphatic carbocycles. The number of carbonyl (C=O) groups excluding carboxylic acids is 1. The van der Waals surface area contributed by atoms with Crippen LogP contribution in [0.25, 0.3) is 0 Å². The van der Waals surface area contributed by atoms with Crippen LogP contribution in [-0.2, 0) is 0 Å². The van der Waals surface area contributed by atoms with Crippen molar-refractivity contribution in [3.63, 3.8) is 0 Å². The van der Waals surface area contributed by atoms with Gasteiger partial charge in [-0.1, -0.05) is 19.8 Å². The fourth-order valence-electron chi connectivity index (χ4n) is 1.82. The molecule has 18 heavy (non-hydrogen) atoms. The summed E-state index contributed by atoms with van der Waals surface area (Å²) in [6, 6.07) is 7.29. The molecule has 0 bridgehead atoms. The third-order valence-electron chi connectivity index (χ3n) is 2.97. The number of carbonyl (C=O) groups is 1. The zero-order chi connectivity index (χ0) is 13.4. The molecule has 100 valence electrons. The quantitative estimate of drug-likeness (QED) is 0.524. The fourth-order valence-corrected chi connectivity index (χ4v) is 1.82. The summed E-state index contributed by atoms with van der Waals surface area (Å²) >= 11 is 0. The first kappa shape index (κ1) is 14.7. The molecule has 0 radical (unpaired) electrons. The number of Topliss-reactive ketones (excluding diaryl/α,β-unsaturated/α-hetero) is 1. The summed E-state index contributed by atoms with van der Waals surface area (Å²) in [5.41, 5.74) is 0.748. The van der Waals surface area contributed by atoms with Gasteiger partial charge >= 0.3 is 0 Å². The summed E-state index contributed by atoms with van der Waals surface area (Å²) in [5.74, 6) is 0.944. The number of methoxy groups -OCH3 is 1. The Morgan fingerprint density at radius 2 is 1.89 bits per heavy atom. The van der Waals surface area contributed by atoms with Gasteiger partial charge in [-0.05, 0) is 44.3 Å². The van der Waals surface area contributed by atoms with E-state index in [1.54, 1.807) is 7.11 Å². The van der Waals surface area contributed by atoms with Crippen molar-refractivity contribution in [1.29, 1.82) is 0 Å². The minimum Gasteiger partial charge on any atom is -0.497 e. The van der Waals surface area contributed by atoms with Crippen LogP contribution in [0.15, 0.2) is 24.3 Å². The van der Waals surface area contributed by atoms with E-state index in [-0.39, 0.29) is 5.78 Å². The van der Waals surface area contributed by atoms with E-state index >= 15 is 0 Å². The number of ether oxygens (including phenoxy) is 1. The largest absolute Gasteiger partial charge is 0.497 e. The average Bonchev–Trinajstić information content (AvgIpc) is 2.39. The van der Waals surface area contributed by atoms with Gasteiger partial charge in [-0.25, -0.2) is 0 Å². The van der Waals surface area contributed by atoms with Crippen molar-refractivity contribution < 1.29 is 9.53 Å². The molecule has 0 fully saturated rings. The molecule has 0 aliphatic heterocycles. The molecule has 1 aromatic carbocycles. The summed E-state index contributed by atoms with van der Waals surface area (Å²) in [5, 5.41) is 0. The van der Waals surface area contributed by atoms with Crippen molar-refractivity contribution in [1.82, 2.24) is 4.90 Å². The van der Waals surface area contributed by atoms with E-state index in [2.05, 4.69) is 11.8 Å². The lowest BCUT2D eigenvalue weighted by Gasteiger charge is -2.15. The highest BCUT2D eigenvalue weighted by atomic mass is 16.5. The highest BCUT2D eigenvalue weighted by Crippen LogP contribution is 2.12. The van der Waals surface area contributed by atoms with Gasteiger partial charge in [0.25, 0.3) is 0 Å². The molecule has 3 nitrogen and oxygen atoms in total. The maximum absolute atomic E-state index is 12.0. The molecule has 0 aliphatic rings. The molecule has 3 heteroatoms. The number of hydrogen-bond acceptors (Lipinski definition) is 3. The summed E-state index contributed by atoms with van der Waals surface area (Å²) in [4.78, 5) is 14.1. The SMILES string of the molecule is CCCCCN(C)CC(=O)c1ccc(OC)cc1. The summed E-state index contributed by atoms with van der Waals surface area (Å²) in [6.45, 7) is 3.65. The van der Waals surface area contributed by atoms with Gasteiger partial charge in [0.05, 0.1) is 13.7 Å². The van der Waals surface area contributed by atoms with Gasteiger partial charge in [0.2, 0.25) is 0 Å². The second-order valence-corrected chi connectivity index (χ2v) is 4.60. The van der Waals surface area contributed by atoms with Crippen LogP contribution in [0.3, 0.4) is 0 Å². The topological polar surface area (TPSA) is 29.5 Å². The lowest BCUT2D eigenvalue weighted by atomic mass is 10.1. The Hall–Kier alpha value is -1.35. The number of rotatable bonds is 8. The van der Waals surface area contributed by atoms with E-state index in [4.69, 9.17) is 4.74 Å². The zero-order valence-corrected chi connectivity index (χ0v) is 11.6. The lowest BCUT2D eigenvalue weighted by molar-refractivity contribution is 0.0945. The Balaban J connectivity index is 2.43. The van der Waals surface area contributed by atoms with Gasteiger partial charge in [-0.2, -0.15) is 0 Å². The Labute approximate surface area is 110 Å². The molecule has 1 aromatic rings. The van der Waals surface area contributed by atoms with Gasteiger partial charge in [0.15, 0.2) is 5.78 Å². The maximum atomic E-state index is 12.0. The van der Waals surface area contributed by atoms with Crippen LogP contribution in [0.4, 0.5) is 0 Å². The van der Waals surface area contributed by atoms with Crippen molar-refractivity contribution in [2.75, 3.05) is 27.2 Å². The van der Waals surface area contributed by atoms with Crippen LogP contribution in [0.5, 0.6) is 5.75 Å². The molecular weight excluding hydrogens is 226 g/mol. The molecule has 0 aromatic heterocycles. The van der Waals surface area contributed by atoms with E-state index in [1.807, 2.05) is 31.3 Å². The molecule has 0 amide bonds. The van der Waals surface area contributed by atoms with Crippen LogP contribution >= 0.6 is 0 Å². The molecule has 0 atom stereocenters. The monoisotopic (exact) mass is 249 g/mol. The Morgan fingerprint density at radius 3 is 2.44 bits per heavy atom. The van der Waals surface area contributed by atoms with Gasteiger partial charge < -0.3 is 4.74 Å². The second kappa shape index (κ2) is 7.88. The van der Waals surface area contributed by atoms with Crippen molar-refractivity contribution in [2.45, 2.75) is 26.2 Å². The molecule has 0 heterocycles. The number of ketones is 1. The van der Waals surface area contributed by atoms with E-state index in [1.165, 1.54) is 12.8 Å². The third kappa shape index (κ3) is 4.88. The van der Waals surface area contributed by atoms with Gasteiger partial charge in [0, 0.05) is 5.56 Å². The summed E-state index contributed by atoms with van der Waals surface area (Å²) in [7, 11) is 3.62. The first-order valence-electron chi connectivity index (χ1n) is 6.53. The van der Waals surface area contributed by atoms with E-state index in [0.717, 1.165) is 24.3 Å². The Morgan fingerprint density at radius 1 is 1.22 bits per heavy atom. The maximum Gasteiger partial charge on any atom is 0.176 e. The molecule has 0 saturated heterocycles. The minimum absolute atomic E-state index is 0.164. The number of hydrogen-bond donors (Lipinski definition) is 0. The zero-order valence-electron chi connectivity index (χ0n) is 11.6. The van der Waals surface area contributed by atoms with Crippen LogP contribution in [0.2, 0.25) is 0 Å². The Kier molecular flexibility index (Phi) is 6.44. The summed E-state index contributed by atoms with van der Waals surface area (Å²) in [6.07, 6.45) is 3.59. The predicted molar refractivity (Wildman–Crippen MR) is 74.3 cm³/mol. The van der Waals surface area contributed by atoms with E-state index < -0.39 is 0 Å². The van der Waals surface area contributed by atoms with Crippen molar-refractivity contribution in [2.24, 2.45) is 0 Å². The first-order valence-corrected chi connectivity index (χ1v) is 6.53. The van der Waals surface area contributed by atoms with Gasteiger partial charge in [-0.15, -0.1) is 0 Å². The summed E-state index contributed by atoms with van der Waals surface area (Å²) < 4.78 is 5.07. The van der Waals surface area contributed by atoms with Crippen LogP contribution in [-0.4, -0.2) is 37.9 Å². The average molecular weight is 249 g/mol. The van der Waals surface area contributed by atoms with Crippen molar-refractivity contribution in [3.05, 3.63) is 29.8 Å². The molecule has 0 saturated carbocycles. The first-order chi connectivity index (χ1) is 8.67. The number of likely N-dealkylation sites (N-methyl/N-ethyl adjacent to an activating group) is 1. The number of nitrogens with zero attached hydrogens (tertiary/aromatic N) is 1. The van der Waals surface area contributed by atoms with E-state index in [0.29, 0.717) is 6.54 Å². The Bertz CT molecular complexity index is 359. The van der Waals surface area contributed by atoms with E-state index in [9.17, 15) is 4.79 Å². The van der Waals surface area contributed by atoms with Gasteiger partial charge in [0.1, 0.15) is 5.75 Å². The van der Waals surface area contributed by atoms with Crippen LogP contribution < -0.4 is 4.74 Å². The smallest absolute Gasteiger partial charge is 0.176 e. The number of benzene rings is 1. The van der Waals surface area contributed by atoms with Crippen molar-refractivity contribution in [3.8, 4) is 5.75 Å². The normalized spacial score (nSPS) is 10.7. The molecular formula is C15H23NO2. The molecule has 0 N–H and O–H groups in total.